The Hall–Kier alpha value is -7.24. The molecule has 0 saturated carbocycles. The Labute approximate surface area is 455 Å². The Morgan fingerprint density at radius 2 is 1.66 bits per heavy atom. The van der Waals surface area contributed by atoms with Gasteiger partial charge in [0.2, 0.25) is 17.7 Å². The highest BCUT2D eigenvalue weighted by Crippen LogP contribution is 2.44. The number of carbonyl (C=O) groups is 4. The molecule has 2 aromatic heterocycles. The number of amides is 4. The molecule has 5 aromatic rings. The molecular formula is C53H50F10N8O6S2. The zero-order valence-corrected chi connectivity index (χ0v) is 44.6. The first-order chi connectivity index (χ1) is 36.8. The topological polar surface area (TPSA) is 170 Å². The van der Waals surface area contributed by atoms with Crippen LogP contribution in [0.4, 0.5) is 55.3 Å². The van der Waals surface area contributed by atoms with E-state index in [1.165, 1.54) is 36.2 Å². The number of likely N-dealkylation sites (tertiary alicyclic amines) is 1. The van der Waals surface area contributed by atoms with Gasteiger partial charge in [-0.15, -0.1) is 11.3 Å². The summed E-state index contributed by atoms with van der Waals surface area (Å²) in [7, 11) is 0. The first-order valence-electron chi connectivity index (χ1n) is 24.2. The molecule has 0 radical (unpaired) electrons. The van der Waals surface area contributed by atoms with Crippen LogP contribution in [0.1, 0.15) is 81.8 Å². The number of halogens is 10. The van der Waals surface area contributed by atoms with Crippen LogP contribution in [-0.4, -0.2) is 93.5 Å². The number of aryl methyl sites for hydroxylation is 1. The van der Waals surface area contributed by atoms with Gasteiger partial charge in [-0.25, -0.2) is 22.5 Å². The predicted molar refractivity (Wildman–Crippen MR) is 274 cm³/mol. The van der Waals surface area contributed by atoms with Crippen LogP contribution in [-0.2, 0) is 42.8 Å². The minimum Gasteiger partial charge on any atom is -0.487 e. The maximum absolute atomic E-state index is 15.9. The Bertz CT molecular complexity index is 3210. The molecule has 26 heteroatoms. The molecule has 2 aliphatic rings. The third kappa shape index (κ3) is 12.9. The summed E-state index contributed by atoms with van der Waals surface area (Å²) in [6, 6.07) is 10.8. The van der Waals surface area contributed by atoms with Crippen LogP contribution < -0.4 is 25.2 Å². The number of nitriles is 1. The number of rotatable bonds is 17. The number of aromatic nitrogens is 2. The number of alkyl halides is 8. The summed E-state index contributed by atoms with van der Waals surface area (Å²) in [4.78, 5) is 65.9. The number of thiocarbonyl (C=S) groups is 1. The normalized spacial score (nSPS) is 16.3. The number of anilines is 2. The van der Waals surface area contributed by atoms with Crippen LogP contribution in [0.25, 0.3) is 21.7 Å². The molecule has 2 aliphatic heterocycles. The first-order valence-corrected chi connectivity index (χ1v) is 25.5. The average Bonchev–Trinajstić information content (AvgIpc) is 4.32. The van der Waals surface area contributed by atoms with Crippen LogP contribution in [0.15, 0.2) is 72.4 Å². The molecule has 7 rings (SSSR count). The summed E-state index contributed by atoms with van der Waals surface area (Å²) < 4.78 is 157. The Balaban J connectivity index is 0.936. The molecule has 0 aliphatic carbocycles. The van der Waals surface area contributed by atoms with Gasteiger partial charge in [-0.3, -0.25) is 29.1 Å². The smallest absolute Gasteiger partial charge is 0.420 e. The molecule has 4 amide bonds. The zero-order valence-electron chi connectivity index (χ0n) is 43.0. The van der Waals surface area contributed by atoms with E-state index in [-0.39, 0.29) is 24.7 Å². The number of pyridine rings is 1. The third-order valence-corrected chi connectivity index (χ3v) is 14.4. The predicted octanol–water partition coefficient (Wildman–Crippen LogP) is 10.5. The van der Waals surface area contributed by atoms with E-state index >= 15 is 17.6 Å². The van der Waals surface area contributed by atoms with E-state index in [1.807, 2.05) is 31.2 Å². The Morgan fingerprint density at radius 3 is 2.27 bits per heavy atom. The second kappa shape index (κ2) is 22.9. The van der Waals surface area contributed by atoms with Crippen LogP contribution in [0.5, 0.6) is 5.75 Å². The van der Waals surface area contributed by atoms with Gasteiger partial charge in [-0.05, 0) is 92.7 Å². The summed E-state index contributed by atoms with van der Waals surface area (Å²) in [5.74, 6) is -10.7. The molecule has 420 valence electrons. The van der Waals surface area contributed by atoms with Crippen molar-refractivity contribution in [2.45, 2.75) is 103 Å². The number of hydrogen-bond acceptors (Lipinski definition) is 11. The second-order valence-corrected chi connectivity index (χ2v) is 21.4. The van der Waals surface area contributed by atoms with Gasteiger partial charge in [-0.2, -0.15) is 31.6 Å². The van der Waals surface area contributed by atoms with Crippen molar-refractivity contribution in [3.05, 3.63) is 112 Å². The number of benzene rings is 3. The highest BCUT2D eigenvalue weighted by Gasteiger charge is 2.52. The monoisotopic (exact) mass is 1150 g/mol. The minimum absolute atomic E-state index is 0.207. The largest absolute Gasteiger partial charge is 0.487 e. The van der Waals surface area contributed by atoms with Crippen molar-refractivity contribution in [1.29, 1.82) is 5.26 Å². The Morgan fingerprint density at radius 1 is 0.962 bits per heavy atom. The fourth-order valence-electron chi connectivity index (χ4n) is 8.98. The summed E-state index contributed by atoms with van der Waals surface area (Å²) >= 11 is 6.86. The third-order valence-electron chi connectivity index (χ3n) is 13.1. The molecule has 0 bridgehead atoms. The molecule has 79 heavy (non-hydrogen) atoms. The summed E-state index contributed by atoms with van der Waals surface area (Å²) in [5, 5.41) is 14.0. The molecule has 0 spiro atoms. The summed E-state index contributed by atoms with van der Waals surface area (Å²) in [6.07, 6.45) is -9.96. The van der Waals surface area contributed by atoms with Gasteiger partial charge in [0.1, 0.15) is 41.2 Å². The van der Waals surface area contributed by atoms with E-state index in [0.717, 1.165) is 44.9 Å². The lowest BCUT2D eigenvalue weighted by Crippen LogP contribution is -2.58. The number of hydrogen-bond donors (Lipinski definition) is 2. The number of carbonyl (C=O) groups excluding carboxylic acids is 4. The Kier molecular flexibility index (Phi) is 17.2. The molecule has 2 atom stereocenters. The standard InChI is InChI=1S/C53H50F10N8O6S2/c1-28-43(79-27-67-28)30-11-9-29(10-12-30)23-66-45(73)38-8-7-18-69(38)46(74)44(49(2,3)4)68-39(72)25-76-19-17-51(56,57)26-77-33-14-15-34(35(21-33)52(58,59)60)42-36(54)20-32(24-65-42)71-48(78)70(47(75)50(71,5)6)37-16-13-31(22-64)40(41(37)55)53(61,62)63/h9-16,20-21,24,27,38,44H,7-8,17-19,23,25-26H2,1-6H3,(H,66,73)(H,68,72). The van der Waals surface area contributed by atoms with Crippen molar-refractivity contribution in [3.63, 3.8) is 0 Å². The highest BCUT2D eigenvalue weighted by molar-refractivity contribution is 7.81. The molecule has 2 fully saturated rings. The van der Waals surface area contributed by atoms with Gasteiger partial charge >= 0.3 is 12.4 Å². The summed E-state index contributed by atoms with van der Waals surface area (Å²) in [5.41, 5.74) is -6.01. The van der Waals surface area contributed by atoms with E-state index in [1.54, 1.807) is 26.3 Å². The lowest BCUT2D eigenvalue weighted by molar-refractivity contribution is -0.144. The van der Waals surface area contributed by atoms with Gasteiger partial charge < -0.3 is 29.9 Å². The first kappa shape index (κ1) is 59.4. The molecule has 4 heterocycles. The van der Waals surface area contributed by atoms with Crippen molar-refractivity contribution in [3.8, 4) is 33.5 Å². The lowest BCUT2D eigenvalue weighted by atomic mass is 9.85. The fourth-order valence-corrected chi connectivity index (χ4v) is 10.3. The minimum atomic E-state index is -5.37. The van der Waals surface area contributed by atoms with E-state index in [9.17, 15) is 45.5 Å². The lowest BCUT2D eigenvalue weighted by Gasteiger charge is -2.35. The second-order valence-electron chi connectivity index (χ2n) is 20.2. The van der Waals surface area contributed by atoms with Crippen LogP contribution in [0, 0.1) is 35.3 Å². The van der Waals surface area contributed by atoms with Gasteiger partial charge in [0.15, 0.2) is 23.4 Å². The molecule has 2 N–H and O–H groups in total. The molecule has 2 saturated heterocycles. The quantitative estimate of drug-likeness (QED) is 0.0516. The van der Waals surface area contributed by atoms with Crippen LogP contribution in [0.3, 0.4) is 0 Å². The van der Waals surface area contributed by atoms with Crippen LogP contribution in [0.2, 0.25) is 0 Å². The van der Waals surface area contributed by atoms with Crippen molar-refractivity contribution < 1.29 is 72.6 Å². The number of nitrogens with one attached hydrogen (secondary N) is 2. The SMILES string of the molecule is Cc1ncsc1-c1ccc(CNC(=O)C2CCCN2C(=O)C(NC(=O)COCCC(F)(F)COc2ccc(-c3ncc(N4C(=S)N(c5ccc(C#N)c(C(F)(F)F)c5F)C(=O)C4(C)C)cc3F)c(C(F)(F)F)c2)C(C)(C)C)cc1. The maximum Gasteiger partial charge on any atom is 0.420 e. The van der Waals surface area contributed by atoms with Crippen molar-refractivity contribution >= 4 is 63.7 Å². The zero-order chi connectivity index (χ0) is 58.2. The number of ether oxygens (including phenoxy) is 2. The fraction of sp³-hybridized carbons (Fsp3) is 0.396. The molecule has 14 nitrogen and oxygen atoms in total. The molecular weight excluding hydrogens is 1100 g/mol. The van der Waals surface area contributed by atoms with E-state index < -0.39 is 141 Å². The highest BCUT2D eigenvalue weighted by atomic mass is 32.1. The van der Waals surface area contributed by atoms with Crippen LogP contribution >= 0.6 is 23.6 Å². The number of nitrogens with zero attached hydrogens (tertiary/aromatic N) is 6. The van der Waals surface area contributed by atoms with E-state index in [2.05, 4.69) is 20.6 Å². The summed E-state index contributed by atoms with van der Waals surface area (Å²) in [6.45, 7) is 6.91. The molecule has 3 aromatic carbocycles. The van der Waals surface area contributed by atoms with Crippen molar-refractivity contribution in [2.24, 2.45) is 5.41 Å². The average molecular weight is 1150 g/mol. The van der Waals surface area contributed by atoms with Crippen molar-refractivity contribution in [2.75, 3.05) is 36.2 Å². The van der Waals surface area contributed by atoms with E-state index in [4.69, 9.17) is 27.0 Å². The number of thiazole rings is 1. The van der Waals surface area contributed by atoms with Gasteiger partial charge in [-0.1, -0.05) is 45.0 Å². The van der Waals surface area contributed by atoms with Gasteiger partial charge in [0.25, 0.3) is 11.8 Å². The van der Waals surface area contributed by atoms with Crippen molar-refractivity contribution in [1.82, 2.24) is 25.5 Å². The van der Waals surface area contributed by atoms with Gasteiger partial charge in [0, 0.05) is 31.1 Å². The van der Waals surface area contributed by atoms with E-state index in [0.29, 0.717) is 42.0 Å². The van der Waals surface area contributed by atoms with Gasteiger partial charge in [0.05, 0.1) is 57.5 Å². The molecule has 2 unspecified atom stereocenters. The maximum atomic E-state index is 15.9.